The summed E-state index contributed by atoms with van der Waals surface area (Å²) in [4.78, 5) is 3.31. The monoisotopic (exact) mass is 416 g/mol. The zero-order valence-corrected chi connectivity index (χ0v) is 18.9. The van der Waals surface area contributed by atoms with Gasteiger partial charge in [0.1, 0.15) is 0 Å². The Bertz CT molecular complexity index is 665. The van der Waals surface area contributed by atoms with Crippen molar-refractivity contribution in [3.8, 4) is 0 Å². The molecule has 0 amide bonds. The van der Waals surface area contributed by atoms with Gasteiger partial charge in [0.05, 0.1) is 0 Å². The lowest BCUT2D eigenvalue weighted by molar-refractivity contribution is 0.570. The Morgan fingerprint density at radius 1 is 0.900 bits per heavy atom. The summed E-state index contributed by atoms with van der Waals surface area (Å²) >= 11 is 0. The van der Waals surface area contributed by atoms with E-state index in [1.165, 1.54) is 42.1 Å². The van der Waals surface area contributed by atoms with Crippen LogP contribution in [0, 0.1) is 0 Å². The summed E-state index contributed by atoms with van der Waals surface area (Å²) in [5.41, 5.74) is 14.1. The van der Waals surface area contributed by atoms with Gasteiger partial charge < -0.3 is 32.4 Å². The lowest BCUT2D eigenvalue weighted by Crippen LogP contribution is -2.28. The van der Waals surface area contributed by atoms with Crippen LogP contribution in [0.5, 0.6) is 0 Å². The number of allylic oxidation sites excluding steroid dienone is 1. The van der Waals surface area contributed by atoms with Crippen LogP contribution in [-0.4, -0.2) is 50.8 Å². The fourth-order valence-corrected chi connectivity index (χ4v) is 3.08. The van der Waals surface area contributed by atoms with Crippen LogP contribution in [0.3, 0.4) is 0 Å². The molecule has 0 saturated carbocycles. The van der Waals surface area contributed by atoms with Crippen molar-refractivity contribution in [2.45, 2.75) is 45.4 Å². The van der Waals surface area contributed by atoms with Crippen molar-refractivity contribution in [2.75, 3.05) is 45.8 Å². The summed E-state index contributed by atoms with van der Waals surface area (Å²) in [5.74, 6) is 0. The Balaban J connectivity index is 0.000000804. The van der Waals surface area contributed by atoms with Crippen LogP contribution < -0.4 is 27.4 Å². The molecule has 1 aromatic heterocycles. The fourth-order valence-electron chi connectivity index (χ4n) is 3.08. The number of hydrogen-bond acceptors (Lipinski definition) is 5. The molecule has 6 heteroatoms. The second-order valence-electron chi connectivity index (χ2n) is 7.56. The van der Waals surface area contributed by atoms with Crippen molar-refractivity contribution in [3.63, 3.8) is 0 Å². The second-order valence-corrected chi connectivity index (χ2v) is 7.56. The van der Waals surface area contributed by atoms with E-state index in [2.05, 4.69) is 64.9 Å². The lowest BCUT2D eigenvalue weighted by Gasteiger charge is -2.10. The number of rotatable bonds is 16. The molecule has 1 aromatic carbocycles. The Hall–Kier alpha value is -1.86. The van der Waals surface area contributed by atoms with Crippen molar-refractivity contribution < 1.29 is 0 Å². The van der Waals surface area contributed by atoms with Crippen LogP contribution in [0.4, 0.5) is 0 Å². The molecule has 1 heterocycles. The van der Waals surface area contributed by atoms with Crippen molar-refractivity contribution in [3.05, 3.63) is 48.3 Å². The first-order valence-electron chi connectivity index (χ1n) is 11.5. The highest BCUT2D eigenvalue weighted by Crippen LogP contribution is 2.19. The van der Waals surface area contributed by atoms with Gasteiger partial charge in [-0.25, -0.2) is 0 Å². The van der Waals surface area contributed by atoms with Gasteiger partial charge in [0.2, 0.25) is 0 Å². The standard InChI is InChI=1S/C20H33N5.C4H11N/c1-17(15-18-16-25-20-8-3-2-7-19(18)20)24-14-13-23-11-5-4-10-22-12-6-9-21;1-2-3-4-5/h2-3,7-8,16,22-25H,1,4-6,9-15,21H2;2-5H2,1H3. The Kier molecular flexibility index (Phi) is 15.7. The highest BCUT2D eigenvalue weighted by Gasteiger charge is 2.04. The number of para-hydroxylation sites is 1. The van der Waals surface area contributed by atoms with Gasteiger partial charge in [0, 0.05) is 42.3 Å². The van der Waals surface area contributed by atoms with Crippen LogP contribution in [0.1, 0.15) is 44.6 Å². The SMILES string of the molecule is C=C(Cc1c[nH]c2ccccc12)NCCNCCCCNCCCN.CCCCN. The molecule has 0 spiro atoms. The molecule has 0 radical (unpaired) electrons. The molecule has 0 aliphatic carbocycles. The number of hydrogen-bond donors (Lipinski definition) is 6. The van der Waals surface area contributed by atoms with Gasteiger partial charge >= 0.3 is 0 Å². The van der Waals surface area contributed by atoms with Crippen LogP contribution >= 0.6 is 0 Å². The van der Waals surface area contributed by atoms with Crippen molar-refractivity contribution >= 4 is 10.9 Å². The fraction of sp³-hybridized carbons (Fsp3) is 0.583. The van der Waals surface area contributed by atoms with Crippen molar-refractivity contribution in [1.29, 1.82) is 0 Å². The minimum absolute atomic E-state index is 0.771. The quantitative estimate of drug-likeness (QED) is 0.236. The summed E-state index contributed by atoms with van der Waals surface area (Å²) in [6, 6.07) is 8.39. The Morgan fingerprint density at radius 3 is 2.23 bits per heavy atom. The third-order valence-electron chi connectivity index (χ3n) is 4.83. The predicted octanol–water partition coefficient (Wildman–Crippen LogP) is 2.87. The molecule has 0 atom stereocenters. The van der Waals surface area contributed by atoms with E-state index in [9.17, 15) is 0 Å². The smallest absolute Gasteiger partial charge is 0.0456 e. The number of aromatic amines is 1. The van der Waals surface area contributed by atoms with Crippen LogP contribution in [0.15, 0.2) is 42.7 Å². The van der Waals surface area contributed by atoms with Crippen LogP contribution in [0.2, 0.25) is 0 Å². The van der Waals surface area contributed by atoms with E-state index in [1.54, 1.807) is 0 Å². The molecule has 0 bridgehead atoms. The first-order chi connectivity index (χ1) is 14.7. The molecule has 0 aliphatic heterocycles. The highest BCUT2D eigenvalue weighted by molar-refractivity contribution is 5.83. The third kappa shape index (κ3) is 12.0. The molecule has 0 unspecified atom stereocenters. The van der Waals surface area contributed by atoms with E-state index >= 15 is 0 Å². The van der Waals surface area contributed by atoms with E-state index in [-0.39, 0.29) is 0 Å². The molecule has 8 N–H and O–H groups in total. The number of benzene rings is 1. The number of aromatic nitrogens is 1. The number of fused-ring (bicyclic) bond motifs is 1. The molecule has 2 rings (SSSR count). The second kappa shape index (κ2) is 18.0. The molecule has 170 valence electrons. The number of H-pyrrole nitrogens is 1. The molecule has 0 aliphatic rings. The molecule has 2 aromatic rings. The van der Waals surface area contributed by atoms with E-state index in [4.69, 9.17) is 11.5 Å². The third-order valence-corrected chi connectivity index (χ3v) is 4.83. The van der Waals surface area contributed by atoms with Crippen LogP contribution in [0.25, 0.3) is 10.9 Å². The topological polar surface area (TPSA) is 104 Å². The largest absolute Gasteiger partial charge is 0.387 e. The Labute approximate surface area is 183 Å². The summed E-state index contributed by atoms with van der Waals surface area (Å²) in [6.07, 6.45) is 8.79. The molecule has 6 nitrogen and oxygen atoms in total. The van der Waals surface area contributed by atoms with E-state index in [0.29, 0.717) is 0 Å². The first kappa shape index (κ1) is 26.2. The summed E-state index contributed by atoms with van der Waals surface area (Å²) in [5, 5.41) is 11.6. The van der Waals surface area contributed by atoms with Gasteiger partial charge in [-0.05, 0) is 70.0 Å². The van der Waals surface area contributed by atoms with Crippen molar-refractivity contribution in [2.24, 2.45) is 11.5 Å². The zero-order chi connectivity index (χ0) is 21.9. The predicted molar refractivity (Wildman–Crippen MR) is 132 cm³/mol. The minimum atomic E-state index is 0.771. The molecular formula is C24H44N6. The average molecular weight is 417 g/mol. The van der Waals surface area contributed by atoms with Crippen LogP contribution in [-0.2, 0) is 6.42 Å². The van der Waals surface area contributed by atoms with Crippen molar-refractivity contribution in [1.82, 2.24) is 20.9 Å². The number of unbranched alkanes of at least 4 members (excludes halogenated alkanes) is 2. The maximum absolute atomic E-state index is 5.46. The van der Waals surface area contributed by atoms with Gasteiger partial charge in [-0.1, -0.05) is 38.1 Å². The Morgan fingerprint density at radius 2 is 1.57 bits per heavy atom. The minimum Gasteiger partial charge on any atom is -0.387 e. The summed E-state index contributed by atoms with van der Waals surface area (Å²) in [7, 11) is 0. The molecular weight excluding hydrogens is 372 g/mol. The molecule has 0 fully saturated rings. The van der Waals surface area contributed by atoms with E-state index in [0.717, 1.165) is 64.4 Å². The van der Waals surface area contributed by atoms with Gasteiger partial charge in [0.15, 0.2) is 0 Å². The molecule has 30 heavy (non-hydrogen) atoms. The van der Waals surface area contributed by atoms with E-state index < -0.39 is 0 Å². The zero-order valence-electron chi connectivity index (χ0n) is 18.9. The van der Waals surface area contributed by atoms with Gasteiger partial charge in [-0.2, -0.15) is 0 Å². The number of nitrogens with two attached hydrogens (primary N) is 2. The maximum Gasteiger partial charge on any atom is 0.0456 e. The average Bonchev–Trinajstić information content (AvgIpc) is 3.16. The van der Waals surface area contributed by atoms with Gasteiger partial charge in [-0.15, -0.1) is 0 Å². The van der Waals surface area contributed by atoms with E-state index in [1.807, 2.05) is 0 Å². The lowest BCUT2D eigenvalue weighted by atomic mass is 10.1. The number of nitrogens with one attached hydrogen (secondary N) is 4. The first-order valence-corrected chi connectivity index (χ1v) is 11.5. The summed E-state index contributed by atoms with van der Waals surface area (Å²) < 4.78 is 0. The maximum atomic E-state index is 5.46. The summed E-state index contributed by atoms with van der Waals surface area (Å²) in [6.45, 7) is 13.0. The van der Waals surface area contributed by atoms with Gasteiger partial charge in [-0.3, -0.25) is 0 Å². The van der Waals surface area contributed by atoms with Gasteiger partial charge in [0.25, 0.3) is 0 Å². The highest BCUT2D eigenvalue weighted by atomic mass is 14.9. The normalized spacial score (nSPS) is 10.6. The molecule has 0 saturated heterocycles.